The van der Waals surface area contributed by atoms with E-state index in [9.17, 15) is 5.26 Å². The molecule has 28 heavy (non-hydrogen) atoms. The number of imidazole rings is 1. The van der Waals surface area contributed by atoms with Crippen LogP contribution in [0.5, 0.6) is 11.5 Å². The van der Waals surface area contributed by atoms with Crippen LogP contribution in [0.1, 0.15) is 11.1 Å². The van der Waals surface area contributed by atoms with Gasteiger partial charge in [-0.25, -0.2) is 4.98 Å². The number of halogens is 1. The van der Waals surface area contributed by atoms with E-state index in [1.54, 1.807) is 13.2 Å². The van der Waals surface area contributed by atoms with Gasteiger partial charge in [0.2, 0.25) is 0 Å². The van der Waals surface area contributed by atoms with Gasteiger partial charge in [0, 0.05) is 16.1 Å². The molecular weight excluding hydrogens is 374 g/mol. The maximum absolute atomic E-state index is 9.21. The Bertz CT molecular complexity index is 1190. The molecule has 0 aliphatic carbocycles. The summed E-state index contributed by atoms with van der Waals surface area (Å²) in [5, 5.41) is 9.86. The van der Waals surface area contributed by atoms with Crippen LogP contribution in [0.25, 0.3) is 22.4 Å². The van der Waals surface area contributed by atoms with Crippen LogP contribution in [0.2, 0.25) is 5.02 Å². The molecular formula is C22H16ClN3O2. The number of hydrogen-bond acceptors (Lipinski definition) is 4. The van der Waals surface area contributed by atoms with Crippen molar-refractivity contribution >= 4 is 22.6 Å². The zero-order chi connectivity index (χ0) is 19.5. The van der Waals surface area contributed by atoms with Crippen molar-refractivity contribution in [2.45, 2.75) is 6.61 Å². The van der Waals surface area contributed by atoms with Gasteiger partial charge in [-0.15, -0.1) is 0 Å². The van der Waals surface area contributed by atoms with Crippen LogP contribution >= 0.6 is 11.6 Å². The molecule has 138 valence electrons. The Hall–Kier alpha value is -3.49. The number of aromatic amines is 1. The van der Waals surface area contributed by atoms with Crippen molar-refractivity contribution in [3.63, 3.8) is 0 Å². The number of rotatable bonds is 5. The van der Waals surface area contributed by atoms with Gasteiger partial charge >= 0.3 is 0 Å². The van der Waals surface area contributed by atoms with E-state index in [4.69, 9.17) is 21.1 Å². The van der Waals surface area contributed by atoms with Crippen LogP contribution in [0, 0.1) is 11.3 Å². The molecule has 5 nitrogen and oxygen atoms in total. The Morgan fingerprint density at radius 2 is 1.93 bits per heavy atom. The Balaban J connectivity index is 1.61. The van der Waals surface area contributed by atoms with Crippen molar-refractivity contribution < 1.29 is 9.47 Å². The van der Waals surface area contributed by atoms with E-state index in [1.165, 1.54) is 0 Å². The zero-order valence-electron chi connectivity index (χ0n) is 15.1. The zero-order valence-corrected chi connectivity index (χ0v) is 15.8. The molecule has 0 atom stereocenters. The van der Waals surface area contributed by atoms with Crippen molar-refractivity contribution in [2.24, 2.45) is 0 Å². The molecule has 6 heteroatoms. The fourth-order valence-electron chi connectivity index (χ4n) is 2.96. The molecule has 0 aliphatic rings. The maximum atomic E-state index is 9.21. The fourth-order valence-corrected chi connectivity index (χ4v) is 3.14. The molecule has 0 unspecified atom stereocenters. The van der Waals surface area contributed by atoms with E-state index in [-0.39, 0.29) is 6.61 Å². The monoisotopic (exact) mass is 389 g/mol. The summed E-state index contributed by atoms with van der Waals surface area (Å²) in [6, 6.07) is 20.7. The lowest BCUT2D eigenvalue weighted by Crippen LogP contribution is -2.00. The van der Waals surface area contributed by atoms with Gasteiger partial charge in [0.05, 0.1) is 29.8 Å². The average molecular weight is 390 g/mol. The number of ether oxygens (including phenoxy) is 2. The summed E-state index contributed by atoms with van der Waals surface area (Å²) in [7, 11) is 1.59. The third kappa shape index (κ3) is 3.51. The molecule has 1 aromatic heterocycles. The highest BCUT2D eigenvalue weighted by molar-refractivity contribution is 6.31. The molecule has 0 saturated heterocycles. The van der Waals surface area contributed by atoms with Gasteiger partial charge in [0.1, 0.15) is 12.4 Å². The first kappa shape index (κ1) is 17.9. The minimum atomic E-state index is 0.280. The lowest BCUT2D eigenvalue weighted by molar-refractivity contribution is 0.284. The molecule has 1 N–H and O–H groups in total. The lowest BCUT2D eigenvalue weighted by atomic mass is 10.1. The van der Waals surface area contributed by atoms with Crippen LogP contribution in [-0.4, -0.2) is 17.1 Å². The Morgan fingerprint density at radius 3 is 2.75 bits per heavy atom. The largest absolute Gasteiger partial charge is 0.493 e. The Kier molecular flexibility index (Phi) is 4.88. The van der Waals surface area contributed by atoms with Crippen LogP contribution in [0.15, 0.2) is 60.7 Å². The second kappa shape index (κ2) is 7.63. The van der Waals surface area contributed by atoms with Gasteiger partial charge in [0.25, 0.3) is 0 Å². The summed E-state index contributed by atoms with van der Waals surface area (Å²) in [5.74, 6) is 1.90. The van der Waals surface area contributed by atoms with Gasteiger partial charge in [-0.1, -0.05) is 29.8 Å². The second-order valence-electron chi connectivity index (χ2n) is 6.17. The minimum Gasteiger partial charge on any atom is -0.493 e. The topological polar surface area (TPSA) is 70.9 Å². The number of fused-ring (bicyclic) bond motifs is 1. The fraction of sp³-hybridized carbons (Fsp3) is 0.0909. The molecule has 0 fully saturated rings. The normalized spacial score (nSPS) is 10.6. The van der Waals surface area contributed by atoms with E-state index in [0.29, 0.717) is 22.1 Å². The predicted molar refractivity (Wildman–Crippen MR) is 109 cm³/mol. The highest BCUT2D eigenvalue weighted by atomic mass is 35.5. The second-order valence-corrected chi connectivity index (χ2v) is 6.61. The van der Waals surface area contributed by atoms with Crippen LogP contribution in [0.4, 0.5) is 0 Å². The van der Waals surface area contributed by atoms with Gasteiger partial charge in [-0.2, -0.15) is 5.26 Å². The molecule has 1 heterocycles. The summed E-state index contributed by atoms with van der Waals surface area (Å²) in [5.41, 5.74) is 4.00. The van der Waals surface area contributed by atoms with E-state index in [2.05, 4.69) is 16.0 Å². The van der Waals surface area contributed by atoms with E-state index in [0.717, 1.165) is 28.0 Å². The average Bonchev–Trinajstić information content (AvgIpc) is 3.15. The van der Waals surface area contributed by atoms with Gasteiger partial charge in [-0.05, 0) is 42.5 Å². The number of nitrogens with one attached hydrogen (secondary N) is 1. The SMILES string of the molecule is COc1cc(-c2nc3ccc(Cl)cc3[nH]2)ccc1OCc1ccccc1C#N. The molecule has 3 aromatic carbocycles. The van der Waals surface area contributed by atoms with E-state index < -0.39 is 0 Å². The van der Waals surface area contributed by atoms with Gasteiger partial charge in [0.15, 0.2) is 11.5 Å². The molecule has 4 rings (SSSR count). The van der Waals surface area contributed by atoms with Crippen molar-refractivity contribution in [3.8, 4) is 29.0 Å². The number of methoxy groups -OCH3 is 1. The predicted octanol–water partition coefficient (Wildman–Crippen LogP) is 5.34. The number of hydrogen-bond donors (Lipinski definition) is 1. The standard InChI is InChI=1S/C22H16ClN3O2/c1-27-21-10-14(22-25-18-8-7-17(23)11-19(18)26-22)6-9-20(21)28-13-16-5-3-2-4-15(16)12-24/h2-11H,13H2,1H3,(H,25,26). The number of nitrogens with zero attached hydrogens (tertiary/aromatic N) is 2. The lowest BCUT2D eigenvalue weighted by Gasteiger charge is -2.12. The summed E-state index contributed by atoms with van der Waals surface area (Å²) >= 11 is 6.04. The molecule has 4 aromatic rings. The first-order valence-electron chi connectivity index (χ1n) is 8.62. The molecule has 0 radical (unpaired) electrons. The first-order valence-corrected chi connectivity index (χ1v) is 9.00. The molecule has 0 saturated carbocycles. The smallest absolute Gasteiger partial charge is 0.161 e. The number of H-pyrrole nitrogens is 1. The van der Waals surface area contributed by atoms with Crippen LogP contribution < -0.4 is 9.47 Å². The summed E-state index contributed by atoms with van der Waals surface area (Å²) < 4.78 is 11.4. The summed E-state index contributed by atoms with van der Waals surface area (Å²) in [6.45, 7) is 0.280. The van der Waals surface area contributed by atoms with Crippen LogP contribution in [-0.2, 0) is 6.61 Å². The van der Waals surface area contributed by atoms with Crippen molar-refractivity contribution in [1.82, 2.24) is 9.97 Å². The Labute approximate surface area is 167 Å². The maximum Gasteiger partial charge on any atom is 0.161 e. The Morgan fingerprint density at radius 1 is 1.07 bits per heavy atom. The summed E-state index contributed by atoms with van der Waals surface area (Å²) in [4.78, 5) is 7.87. The van der Waals surface area contributed by atoms with Crippen molar-refractivity contribution in [1.29, 1.82) is 5.26 Å². The van der Waals surface area contributed by atoms with Crippen molar-refractivity contribution in [3.05, 3.63) is 76.8 Å². The number of nitriles is 1. The van der Waals surface area contributed by atoms with Gasteiger partial charge in [-0.3, -0.25) is 0 Å². The molecule has 0 bridgehead atoms. The molecule has 0 aliphatic heterocycles. The summed E-state index contributed by atoms with van der Waals surface area (Å²) in [6.07, 6.45) is 0. The quantitative estimate of drug-likeness (QED) is 0.500. The minimum absolute atomic E-state index is 0.280. The third-order valence-corrected chi connectivity index (χ3v) is 4.64. The third-order valence-electron chi connectivity index (χ3n) is 4.40. The first-order chi connectivity index (χ1) is 13.7. The molecule has 0 amide bonds. The van der Waals surface area contributed by atoms with E-state index in [1.807, 2.05) is 54.6 Å². The molecule has 0 spiro atoms. The number of benzene rings is 3. The highest BCUT2D eigenvalue weighted by Gasteiger charge is 2.11. The number of aromatic nitrogens is 2. The van der Waals surface area contributed by atoms with Gasteiger partial charge < -0.3 is 14.5 Å². The van der Waals surface area contributed by atoms with Crippen molar-refractivity contribution in [2.75, 3.05) is 7.11 Å². The van der Waals surface area contributed by atoms with E-state index >= 15 is 0 Å². The van der Waals surface area contributed by atoms with Crippen LogP contribution in [0.3, 0.4) is 0 Å². The highest BCUT2D eigenvalue weighted by Crippen LogP contribution is 2.33.